The molecule has 1 aromatic carbocycles. The van der Waals surface area contributed by atoms with E-state index in [1.807, 2.05) is 12.1 Å². The second-order valence-electron chi connectivity index (χ2n) is 7.08. The highest BCUT2D eigenvalue weighted by molar-refractivity contribution is 5.97. The Balaban J connectivity index is 1.53. The first-order chi connectivity index (χ1) is 13.1. The number of phenolic OH excluding ortho intramolecular Hbond substituents is 1. The minimum atomic E-state index is -0.0769. The standard InChI is InChI=1S/C20H24N4O3/c1-27-14-6-5-13(18(25)10-14)11-24-9-7-16-15(12-24)20(26)23-19(22-16)17-4-2-3-8-21-17/h5-6,10,25H,2-4,7-9,11-12H2,1H3,(H,22,23,26). The van der Waals surface area contributed by atoms with Crippen molar-refractivity contribution < 1.29 is 9.84 Å². The fourth-order valence-electron chi connectivity index (χ4n) is 3.69. The number of fused-ring (bicyclic) bond motifs is 1. The van der Waals surface area contributed by atoms with Crippen LogP contribution in [0.4, 0.5) is 0 Å². The van der Waals surface area contributed by atoms with Crippen molar-refractivity contribution >= 4 is 5.71 Å². The maximum absolute atomic E-state index is 12.6. The second kappa shape index (κ2) is 7.52. The SMILES string of the molecule is COc1ccc(CN2CCc3nc(C4=NCCCC4)[nH]c(=O)c3C2)c(O)c1. The topological polar surface area (TPSA) is 90.8 Å². The van der Waals surface area contributed by atoms with Gasteiger partial charge >= 0.3 is 0 Å². The molecule has 0 spiro atoms. The average molecular weight is 368 g/mol. The number of hydrogen-bond donors (Lipinski definition) is 2. The van der Waals surface area contributed by atoms with Crippen LogP contribution in [0.25, 0.3) is 0 Å². The number of aromatic hydroxyl groups is 1. The Morgan fingerprint density at radius 1 is 1.30 bits per heavy atom. The second-order valence-corrected chi connectivity index (χ2v) is 7.08. The maximum Gasteiger partial charge on any atom is 0.255 e. The number of H-pyrrole nitrogens is 1. The van der Waals surface area contributed by atoms with E-state index in [9.17, 15) is 9.90 Å². The van der Waals surface area contributed by atoms with Gasteiger partial charge in [-0.25, -0.2) is 4.98 Å². The largest absolute Gasteiger partial charge is 0.507 e. The molecule has 0 atom stereocenters. The third-order valence-corrected chi connectivity index (χ3v) is 5.23. The van der Waals surface area contributed by atoms with Gasteiger partial charge in [-0.15, -0.1) is 0 Å². The van der Waals surface area contributed by atoms with Crippen LogP contribution in [-0.4, -0.2) is 45.9 Å². The Morgan fingerprint density at radius 3 is 2.93 bits per heavy atom. The maximum atomic E-state index is 12.6. The summed E-state index contributed by atoms with van der Waals surface area (Å²) in [5.41, 5.74) is 3.25. The van der Waals surface area contributed by atoms with E-state index in [4.69, 9.17) is 9.72 Å². The van der Waals surface area contributed by atoms with Crippen LogP contribution in [0.15, 0.2) is 28.0 Å². The summed E-state index contributed by atoms with van der Waals surface area (Å²) < 4.78 is 5.13. The molecule has 0 radical (unpaired) electrons. The van der Waals surface area contributed by atoms with Gasteiger partial charge in [-0.3, -0.25) is 14.7 Å². The van der Waals surface area contributed by atoms with Crippen LogP contribution in [0.2, 0.25) is 0 Å². The zero-order valence-electron chi connectivity index (χ0n) is 15.5. The first kappa shape index (κ1) is 17.7. The van der Waals surface area contributed by atoms with Crippen molar-refractivity contribution in [2.45, 2.75) is 38.8 Å². The van der Waals surface area contributed by atoms with E-state index in [0.29, 0.717) is 24.7 Å². The molecule has 2 aromatic rings. The Hall–Kier alpha value is -2.67. The summed E-state index contributed by atoms with van der Waals surface area (Å²) in [6.07, 6.45) is 3.80. The molecule has 0 bridgehead atoms. The van der Waals surface area contributed by atoms with Crippen LogP contribution >= 0.6 is 0 Å². The first-order valence-electron chi connectivity index (χ1n) is 9.38. The molecule has 3 heterocycles. The number of hydrogen-bond acceptors (Lipinski definition) is 6. The van der Waals surface area contributed by atoms with E-state index in [2.05, 4.69) is 14.9 Å². The van der Waals surface area contributed by atoms with Crippen LogP contribution in [0, 0.1) is 0 Å². The highest BCUT2D eigenvalue weighted by Crippen LogP contribution is 2.26. The average Bonchev–Trinajstić information content (AvgIpc) is 2.70. The van der Waals surface area contributed by atoms with Crippen molar-refractivity contribution in [2.75, 3.05) is 20.2 Å². The summed E-state index contributed by atoms with van der Waals surface area (Å²) in [5.74, 6) is 1.47. The highest BCUT2D eigenvalue weighted by atomic mass is 16.5. The van der Waals surface area contributed by atoms with Gasteiger partial charge in [0.2, 0.25) is 0 Å². The molecular weight excluding hydrogens is 344 g/mol. The smallest absolute Gasteiger partial charge is 0.255 e. The summed E-state index contributed by atoms with van der Waals surface area (Å²) >= 11 is 0. The number of aliphatic imine (C=N–C) groups is 1. The highest BCUT2D eigenvalue weighted by Gasteiger charge is 2.23. The first-order valence-corrected chi connectivity index (χ1v) is 9.38. The van der Waals surface area contributed by atoms with Crippen molar-refractivity contribution in [3.63, 3.8) is 0 Å². The third kappa shape index (κ3) is 3.73. The number of aromatic amines is 1. The van der Waals surface area contributed by atoms with Crippen molar-refractivity contribution in [3.05, 3.63) is 51.2 Å². The molecule has 0 unspecified atom stereocenters. The third-order valence-electron chi connectivity index (χ3n) is 5.23. The summed E-state index contributed by atoms with van der Waals surface area (Å²) in [7, 11) is 1.57. The van der Waals surface area contributed by atoms with E-state index in [1.54, 1.807) is 13.2 Å². The number of methoxy groups -OCH3 is 1. The van der Waals surface area contributed by atoms with E-state index < -0.39 is 0 Å². The van der Waals surface area contributed by atoms with Gasteiger partial charge in [-0.05, 0) is 25.3 Å². The van der Waals surface area contributed by atoms with Gasteiger partial charge in [-0.2, -0.15) is 0 Å². The molecule has 0 saturated carbocycles. The number of phenols is 1. The van der Waals surface area contributed by atoms with Crippen molar-refractivity contribution in [1.29, 1.82) is 0 Å². The molecular formula is C20H24N4O3. The van der Waals surface area contributed by atoms with Gasteiger partial charge in [0, 0.05) is 44.2 Å². The lowest BCUT2D eigenvalue weighted by atomic mass is 10.0. The molecule has 0 fully saturated rings. The van der Waals surface area contributed by atoms with Crippen molar-refractivity contribution in [1.82, 2.24) is 14.9 Å². The minimum absolute atomic E-state index is 0.0769. The molecule has 2 aliphatic heterocycles. The number of benzene rings is 1. The van der Waals surface area contributed by atoms with Crippen molar-refractivity contribution in [3.8, 4) is 11.5 Å². The summed E-state index contributed by atoms with van der Waals surface area (Å²) in [6.45, 7) is 2.70. The molecule has 7 heteroatoms. The Morgan fingerprint density at radius 2 is 2.19 bits per heavy atom. The normalized spacial score (nSPS) is 17.3. The molecule has 4 rings (SSSR count). The van der Waals surface area contributed by atoms with Gasteiger partial charge in [0.25, 0.3) is 5.56 Å². The summed E-state index contributed by atoms with van der Waals surface area (Å²) in [6, 6.07) is 5.30. The number of nitrogens with one attached hydrogen (secondary N) is 1. The lowest BCUT2D eigenvalue weighted by Crippen LogP contribution is -2.36. The molecule has 27 heavy (non-hydrogen) atoms. The van der Waals surface area contributed by atoms with Gasteiger partial charge in [0.1, 0.15) is 11.5 Å². The molecule has 142 valence electrons. The minimum Gasteiger partial charge on any atom is -0.507 e. The molecule has 2 aliphatic rings. The lowest BCUT2D eigenvalue weighted by Gasteiger charge is -2.28. The number of nitrogens with zero attached hydrogens (tertiary/aromatic N) is 3. The Bertz CT molecular complexity index is 935. The zero-order valence-corrected chi connectivity index (χ0v) is 15.5. The Labute approximate surface area is 157 Å². The summed E-state index contributed by atoms with van der Waals surface area (Å²) in [4.78, 5) is 26.9. The fraction of sp³-hybridized carbons (Fsp3) is 0.450. The number of ether oxygens (including phenoxy) is 1. The molecule has 2 N–H and O–H groups in total. The van der Waals surface area contributed by atoms with Gasteiger partial charge in [-0.1, -0.05) is 6.07 Å². The molecule has 0 amide bonds. The van der Waals surface area contributed by atoms with E-state index in [-0.39, 0.29) is 11.3 Å². The van der Waals surface area contributed by atoms with E-state index >= 15 is 0 Å². The van der Waals surface area contributed by atoms with Crippen LogP contribution in [-0.2, 0) is 19.5 Å². The number of rotatable bonds is 4. The van der Waals surface area contributed by atoms with Crippen molar-refractivity contribution in [2.24, 2.45) is 4.99 Å². The Kier molecular flexibility index (Phi) is 4.94. The molecule has 7 nitrogen and oxygen atoms in total. The van der Waals surface area contributed by atoms with Gasteiger partial charge < -0.3 is 14.8 Å². The van der Waals surface area contributed by atoms with Crippen LogP contribution in [0.1, 0.15) is 41.9 Å². The zero-order chi connectivity index (χ0) is 18.8. The molecule has 0 aliphatic carbocycles. The van der Waals surface area contributed by atoms with E-state index in [1.165, 1.54) is 0 Å². The fourth-order valence-corrected chi connectivity index (χ4v) is 3.69. The van der Waals surface area contributed by atoms with Crippen LogP contribution in [0.5, 0.6) is 11.5 Å². The molecule has 0 saturated heterocycles. The predicted molar refractivity (Wildman–Crippen MR) is 103 cm³/mol. The predicted octanol–water partition coefficient (Wildman–Crippen LogP) is 2.02. The number of aromatic nitrogens is 2. The molecule has 1 aromatic heterocycles. The summed E-state index contributed by atoms with van der Waals surface area (Å²) in [5, 5.41) is 10.2. The monoisotopic (exact) mass is 368 g/mol. The van der Waals surface area contributed by atoms with Gasteiger partial charge in [0.05, 0.1) is 24.1 Å². The van der Waals surface area contributed by atoms with Gasteiger partial charge in [0.15, 0.2) is 5.82 Å². The van der Waals surface area contributed by atoms with E-state index in [0.717, 1.165) is 61.3 Å². The quantitative estimate of drug-likeness (QED) is 0.862. The van der Waals surface area contributed by atoms with Crippen LogP contribution < -0.4 is 10.3 Å². The lowest BCUT2D eigenvalue weighted by molar-refractivity contribution is 0.238. The van der Waals surface area contributed by atoms with Crippen LogP contribution in [0.3, 0.4) is 0 Å².